The van der Waals surface area contributed by atoms with Crippen molar-refractivity contribution in [3.05, 3.63) is 88.4 Å². The standard InChI is InChI=1S/C25H24ClF3N2O3/c1-31(15-16-9-12-21(33-2)22(13-16)34-3)23(17-7-5-4-6-8-17)24(32)30-20-14-18(25(27,28)29)10-11-19(20)26/h4-14,23H,15H2,1-3H3,(H,30,32). The first-order valence-electron chi connectivity index (χ1n) is 10.3. The second-order valence-electron chi connectivity index (χ2n) is 7.60. The van der Waals surface area contributed by atoms with Gasteiger partial charge in [0.1, 0.15) is 6.04 Å². The van der Waals surface area contributed by atoms with Gasteiger partial charge in [-0.2, -0.15) is 13.2 Å². The highest BCUT2D eigenvalue weighted by Crippen LogP contribution is 2.35. The average molecular weight is 493 g/mol. The molecule has 0 aliphatic rings. The Morgan fingerprint density at radius 3 is 2.29 bits per heavy atom. The molecule has 0 saturated heterocycles. The van der Waals surface area contributed by atoms with E-state index in [0.717, 1.165) is 23.8 Å². The van der Waals surface area contributed by atoms with Crippen molar-refractivity contribution in [2.45, 2.75) is 18.8 Å². The average Bonchev–Trinajstić information content (AvgIpc) is 2.80. The van der Waals surface area contributed by atoms with Crippen molar-refractivity contribution in [2.24, 2.45) is 0 Å². The number of alkyl halides is 3. The Kier molecular flexibility index (Phi) is 8.06. The van der Waals surface area contributed by atoms with Crippen LogP contribution in [-0.2, 0) is 17.5 Å². The van der Waals surface area contributed by atoms with Gasteiger partial charge in [-0.05, 0) is 48.5 Å². The lowest BCUT2D eigenvalue weighted by Gasteiger charge is -2.28. The van der Waals surface area contributed by atoms with Crippen LogP contribution in [0.2, 0.25) is 5.02 Å². The first kappa shape index (κ1) is 25.4. The maximum absolute atomic E-state index is 13.3. The van der Waals surface area contributed by atoms with Gasteiger partial charge in [0.05, 0.1) is 30.5 Å². The van der Waals surface area contributed by atoms with Crippen LogP contribution in [-0.4, -0.2) is 32.1 Å². The summed E-state index contributed by atoms with van der Waals surface area (Å²) >= 11 is 6.09. The fraction of sp³-hybridized carbons (Fsp3) is 0.240. The summed E-state index contributed by atoms with van der Waals surface area (Å²) in [4.78, 5) is 15.1. The number of benzene rings is 3. The fourth-order valence-electron chi connectivity index (χ4n) is 3.60. The molecule has 0 aliphatic carbocycles. The number of anilines is 1. The monoisotopic (exact) mass is 492 g/mol. The molecule has 0 heterocycles. The number of hydrogen-bond acceptors (Lipinski definition) is 4. The van der Waals surface area contributed by atoms with E-state index in [1.165, 1.54) is 7.11 Å². The van der Waals surface area contributed by atoms with Crippen LogP contribution in [0.1, 0.15) is 22.7 Å². The number of nitrogens with one attached hydrogen (secondary N) is 1. The van der Waals surface area contributed by atoms with Crippen molar-refractivity contribution in [3.63, 3.8) is 0 Å². The molecule has 1 unspecified atom stereocenters. The zero-order valence-electron chi connectivity index (χ0n) is 18.8. The number of methoxy groups -OCH3 is 2. The lowest BCUT2D eigenvalue weighted by molar-refractivity contribution is -0.137. The molecule has 3 aromatic carbocycles. The molecule has 5 nitrogen and oxygen atoms in total. The van der Waals surface area contributed by atoms with Crippen LogP contribution in [0.25, 0.3) is 0 Å². The van der Waals surface area contributed by atoms with Crippen molar-refractivity contribution in [3.8, 4) is 11.5 Å². The van der Waals surface area contributed by atoms with Crippen LogP contribution in [0, 0.1) is 0 Å². The highest BCUT2D eigenvalue weighted by molar-refractivity contribution is 6.33. The Morgan fingerprint density at radius 1 is 1.00 bits per heavy atom. The predicted octanol–water partition coefficient (Wildman–Crippen LogP) is 6.19. The third-order valence-corrected chi connectivity index (χ3v) is 5.57. The third-order valence-electron chi connectivity index (χ3n) is 5.24. The van der Waals surface area contributed by atoms with Crippen LogP contribution in [0.4, 0.5) is 18.9 Å². The summed E-state index contributed by atoms with van der Waals surface area (Å²) in [5.74, 6) is 0.603. The molecule has 0 aromatic heterocycles. The summed E-state index contributed by atoms with van der Waals surface area (Å²) in [5, 5.41) is 2.58. The number of halogens is 4. The van der Waals surface area contributed by atoms with Crippen LogP contribution >= 0.6 is 11.6 Å². The molecule has 0 radical (unpaired) electrons. The lowest BCUT2D eigenvalue weighted by atomic mass is 10.0. The number of carbonyl (C=O) groups excluding carboxylic acids is 1. The van der Waals surface area contributed by atoms with E-state index in [0.29, 0.717) is 23.6 Å². The van der Waals surface area contributed by atoms with Gasteiger partial charge in [-0.1, -0.05) is 48.0 Å². The fourth-order valence-corrected chi connectivity index (χ4v) is 3.76. The maximum atomic E-state index is 13.3. The van der Waals surface area contributed by atoms with Crippen LogP contribution in [0.5, 0.6) is 11.5 Å². The number of hydrogen-bond donors (Lipinski definition) is 1. The first-order chi connectivity index (χ1) is 16.1. The summed E-state index contributed by atoms with van der Waals surface area (Å²) in [7, 11) is 4.82. The summed E-state index contributed by atoms with van der Waals surface area (Å²) in [5.41, 5.74) is 0.515. The molecule has 3 aromatic rings. The highest BCUT2D eigenvalue weighted by atomic mass is 35.5. The normalized spacial score (nSPS) is 12.4. The van der Waals surface area contributed by atoms with E-state index in [-0.39, 0.29) is 10.7 Å². The van der Waals surface area contributed by atoms with Crippen LogP contribution < -0.4 is 14.8 Å². The van der Waals surface area contributed by atoms with Crippen LogP contribution in [0.15, 0.2) is 66.7 Å². The van der Waals surface area contributed by atoms with E-state index in [1.54, 1.807) is 55.5 Å². The van der Waals surface area contributed by atoms with Gasteiger partial charge in [0.15, 0.2) is 11.5 Å². The molecular formula is C25H24ClF3N2O3. The second-order valence-corrected chi connectivity index (χ2v) is 8.01. The van der Waals surface area contributed by atoms with Crippen molar-refractivity contribution < 1.29 is 27.4 Å². The van der Waals surface area contributed by atoms with Gasteiger partial charge in [0.2, 0.25) is 5.91 Å². The molecular weight excluding hydrogens is 469 g/mol. The van der Waals surface area contributed by atoms with E-state index in [1.807, 2.05) is 12.1 Å². The minimum atomic E-state index is -4.56. The first-order valence-corrected chi connectivity index (χ1v) is 10.7. The summed E-state index contributed by atoms with van der Waals surface area (Å²) in [6.07, 6.45) is -4.56. The molecule has 1 N–H and O–H groups in total. The molecule has 0 fully saturated rings. The molecule has 180 valence electrons. The number of carbonyl (C=O) groups is 1. The van der Waals surface area contributed by atoms with E-state index < -0.39 is 23.7 Å². The molecule has 3 rings (SSSR count). The van der Waals surface area contributed by atoms with E-state index in [2.05, 4.69) is 5.32 Å². The minimum absolute atomic E-state index is 0.00991. The number of amides is 1. The summed E-state index contributed by atoms with van der Waals surface area (Å²) in [6.45, 7) is 0.351. The van der Waals surface area contributed by atoms with Gasteiger partial charge < -0.3 is 14.8 Å². The number of likely N-dealkylation sites (N-methyl/N-ethyl adjacent to an activating group) is 1. The molecule has 0 saturated carbocycles. The molecule has 1 atom stereocenters. The van der Waals surface area contributed by atoms with Gasteiger partial charge >= 0.3 is 6.18 Å². The Hall–Kier alpha value is -3.23. The molecule has 0 spiro atoms. The summed E-state index contributed by atoms with van der Waals surface area (Å²) in [6, 6.07) is 16.4. The Morgan fingerprint density at radius 2 is 1.68 bits per heavy atom. The largest absolute Gasteiger partial charge is 0.493 e. The van der Waals surface area contributed by atoms with Crippen molar-refractivity contribution in [1.29, 1.82) is 0 Å². The van der Waals surface area contributed by atoms with Gasteiger partial charge in [0.25, 0.3) is 0 Å². The van der Waals surface area contributed by atoms with Gasteiger partial charge in [0, 0.05) is 6.54 Å². The lowest BCUT2D eigenvalue weighted by Crippen LogP contribution is -2.34. The van der Waals surface area contributed by atoms with E-state index in [4.69, 9.17) is 21.1 Å². The molecule has 1 amide bonds. The Bertz CT molecular complexity index is 1140. The smallest absolute Gasteiger partial charge is 0.416 e. The highest BCUT2D eigenvalue weighted by Gasteiger charge is 2.32. The second kappa shape index (κ2) is 10.8. The zero-order valence-corrected chi connectivity index (χ0v) is 19.6. The Balaban J connectivity index is 1.91. The topological polar surface area (TPSA) is 50.8 Å². The van der Waals surface area contributed by atoms with Crippen molar-refractivity contribution >= 4 is 23.2 Å². The van der Waals surface area contributed by atoms with Gasteiger partial charge in [-0.15, -0.1) is 0 Å². The SMILES string of the molecule is COc1ccc(CN(C)C(C(=O)Nc2cc(C(F)(F)F)ccc2Cl)c2ccccc2)cc1OC. The van der Waals surface area contributed by atoms with Crippen molar-refractivity contribution in [2.75, 3.05) is 26.6 Å². The third kappa shape index (κ3) is 6.01. The van der Waals surface area contributed by atoms with Gasteiger partial charge in [-0.25, -0.2) is 0 Å². The van der Waals surface area contributed by atoms with Crippen molar-refractivity contribution in [1.82, 2.24) is 4.90 Å². The Labute approximate surface area is 201 Å². The zero-order chi connectivity index (χ0) is 24.9. The predicted molar refractivity (Wildman–Crippen MR) is 125 cm³/mol. The maximum Gasteiger partial charge on any atom is 0.416 e. The molecule has 9 heteroatoms. The molecule has 0 aliphatic heterocycles. The number of ether oxygens (including phenoxy) is 2. The van der Waals surface area contributed by atoms with E-state index >= 15 is 0 Å². The molecule has 34 heavy (non-hydrogen) atoms. The minimum Gasteiger partial charge on any atom is -0.493 e. The van der Waals surface area contributed by atoms with E-state index in [9.17, 15) is 18.0 Å². The quantitative estimate of drug-likeness (QED) is 0.407. The van der Waals surface area contributed by atoms with Crippen LogP contribution in [0.3, 0.4) is 0 Å². The number of rotatable bonds is 8. The molecule has 0 bridgehead atoms. The number of nitrogens with zero attached hydrogens (tertiary/aromatic N) is 1. The van der Waals surface area contributed by atoms with Gasteiger partial charge in [-0.3, -0.25) is 9.69 Å². The summed E-state index contributed by atoms with van der Waals surface area (Å²) < 4.78 is 50.1.